The summed E-state index contributed by atoms with van der Waals surface area (Å²) in [6, 6.07) is 7.84. The minimum atomic E-state index is -1.62. The van der Waals surface area contributed by atoms with E-state index in [0.717, 1.165) is 0 Å². The normalized spacial score (nSPS) is 18.6. The average molecular weight is 547 g/mol. The zero-order valence-electron chi connectivity index (χ0n) is 23.2. The molecule has 40 heavy (non-hydrogen) atoms. The molecule has 2 atom stereocenters. The lowest BCUT2D eigenvalue weighted by molar-refractivity contribution is -0.147. The highest BCUT2D eigenvalue weighted by Gasteiger charge is 2.46. The van der Waals surface area contributed by atoms with E-state index in [-0.39, 0.29) is 45.4 Å². The van der Waals surface area contributed by atoms with Crippen molar-refractivity contribution in [3.05, 3.63) is 69.8 Å². The molecule has 4 rings (SSSR count). The van der Waals surface area contributed by atoms with Gasteiger partial charge >= 0.3 is 5.97 Å². The van der Waals surface area contributed by atoms with Gasteiger partial charge < -0.3 is 9.47 Å². The molecule has 2 aliphatic rings. The number of hydrogen-bond acceptors (Lipinski definition) is 9. The summed E-state index contributed by atoms with van der Waals surface area (Å²) in [4.78, 5) is 90.0. The van der Waals surface area contributed by atoms with Crippen molar-refractivity contribution in [2.45, 2.75) is 47.1 Å². The van der Waals surface area contributed by atoms with Gasteiger partial charge in [0.25, 0.3) is 0 Å². The highest BCUT2D eigenvalue weighted by molar-refractivity contribution is 6.36. The Morgan fingerprint density at radius 2 is 1.12 bits per heavy atom. The van der Waals surface area contributed by atoms with Crippen LogP contribution in [0.5, 0.6) is 0 Å². The zero-order valence-corrected chi connectivity index (χ0v) is 23.2. The van der Waals surface area contributed by atoms with E-state index in [9.17, 15) is 33.6 Å². The summed E-state index contributed by atoms with van der Waals surface area (Å²) in [6.07, 6.45) is 0. The first kappa shape index (κ1) is 28.9. The molecule has 0 amide bonds. The van der Waals surface area contributed by atoms with Crippen LogP contribution in [-0.4, -0.2) is 59.5 Å². The van der Waals surface area contributed by atoms with Crippen LogP contribution in [0, 0.1) is 17.3 Å². The molecule has 9 heteroatoms. The van der Waals surface area contributed by atoms with Crippen LogP contribution < -0.4 is 0 Å². The fourth-order valence-electron chi connectivity index (χ4n) is 4.48. The van der Waals surface area contributed by atoms with Crippen LogP contribution in [0.4, 0.5) is 0 Å². The smallest absolute Gasteiger partial charge is 0.324 e. The first-order chi connectivity index (χ1) is 18.5. The number of esters is 1. The summed E-state index contributed by atoms with van der Waals surface area (Å²) in [5.74, 6) is -8.11. The molecule has 0 spiro atoms. The molecule has 0 heterocycles. The number of hydrogen-bond donors (Lipinski definition) is 0. The van der Waals surface area contributed by atoms with Gasteiger partial charge in [0.05, 0.1) is 12.2 Å². The van der Waals surface area contributed by atoms with Gasteiger partial charge in [0.2, 0.25) is 0 Å². The second kappa shape index (κ2) is 10.1. The van der Waals surface area contributed by atoms with E-state index >= 15 is 0 Å². The lowest BCUT2D eigenvalue weighted by atomic mass is 9.96. The van der Waals surface area contributed by atoms with Gasteiger partial charge in [0, 0.05) is 33.4 Å². The van der Waals surface area contributed by atoms with Crippen molar-refractivity contribution in [3.8, 4) is 0 Å². The molecule has 2 aliphatic carbocycles. The Labute approximate surface area is 231 Å². The number of fused-ring (bicyclic) bond motifs is 2. The second-order valence-electron chi connectivity index (χ2n) is 12.2. The summed E-state index contributed by atoms with van der Waals surface area (Å²) in [7, 11) is 0. The molecule has 9 nitrogen and oxygen atoms in total. The van der Waals surface area contributed by atoms with E-state index in [1.807, 2.05) is 20.8 Å². The third-order valence-corrected chi connectivity index (χ3v) is 6.53. The van der Waals surface area contributed by atoms with Crippen molar-refractivity contribution in [2.24, 2.45) is 17.3 Å². The lowest BCUT2D eigenvalue weighted by Gasteiger charge is -2.19. The Balaban J connectivity index is 1.56. The van der Waals surface area contributed by atoms with Gasteiger partial charge in [-0.05, 0) is 50.5 Å². The van der Waals surface area contributed by atoms with Crippen LogP contribution >= 0.6 is 0 Å². The summed E-state index contributed by atoms with van der Waals surface area (Å²) < 4.78 is 10.6. The van der Waals surface area contributed by atoms with Crippen molar-refractivity contribution >= 4 is 40.7 Å². The Morgan fingerprint density at radius 1 is 0.675 bits per heavy atom. The van der Waals surface area contributed by atoms with Crippen LogP contribution in [0.1, 0.15) is 98.9 Å². The van der Waals surface area contributed by atoms with Gasteiger partial charge in [-0.15, -0.1) is 0 Å². The third-order valence-electron chi connectivity index (χ3n) is 6.53. The summed E-state index contributed by atoms with van der Waals surface area (Å²) in [6.45, 7) is 10.4. The maximum absolute atomic E-state index is 13.3. The fourth-order valence-corrected chi connectivity index (χ4v) is 4.48. The number of Topliss-reactive ketones (excluding diaryl/α,β-unsaturated/α-hetero) is 5. The summed E-state index contributed by atoms with van der Waals surface area (Å²) >= 11 is 0. The number of ether oxygens (including phenoxy) is 2. The Hall–Kier alpha value is -4.11. The quantitative estimate of drug-likeness (QED) is 0.288. The highest BCUT2D eigenvalue weighted by Crippen LogP contribution is 2.32. The standard InChI is InChI=1S/C31H30O9/c1-30(2,3)14-39-29(38)23-26(35)18-10-8-16(12-20(18)28(23)37)24(33)15-7-9-17-19(11-15)27(36)22(25(17)34)21(32)13-40-31(4,5)6/h7-12,22-23H,13-14H2,1-6H3. The molecule has 0 N–H and O–H groups in total. The van der Waals surface area contributed by atoms with E-state index in [4.69, 9.17) is 9.47 Å². The van der Waals surface area contributed by atoms with E-state index < -0.39 is 64.7 Å². The first-order valence-corrected chi connectivity index (χ1v) is 12.8. The van der Waals surface area contributed by atoms with Crippen molar-refractivity contribution in [3.63, 3.8) is 0 Å². The van der Waals surface area contributed by atoms with E-state index in [1.165, 1.54) is 36.4 Å². The van der Waals surface area contributed by atoms with E-state index in [1.54, 1.807) is 20.8 Å². The molecule has 2 unspecified atom stereocenters. The first-order valence-electron chi connectivity index (χ1n) is 12.8. The molecule has 2 aromatic rings. The zero-order chi connectivity index (χ0) is 29.7. The maximum Gasteiger partial charge on any atom is 0.324 e. The molecule has 208 valence electrons. The lowest BCUT2D eigenvalue weighted by Crippen LogP contribution is -2.32. The molecule has 0 fully saturated rings. The monoisotopic (exact) mass is 546 g/mol. The van der Waals surface area contributed by atoms with Crippen molar-refractivity contribution in [1.29, 1.82) is 0 Å². The number of ketones is 6. The maximum atomic E-state index is 13.3. The minimum Gasteiger partial charge on any atom is -0.464 e. The summed E-state index contributed by atoms with van der Waals surface area (Å²) in [5, 5.41) is 0. The number of rotatable bonds is 7. The SMILES string of the molecule is CC(C)(C)COC(=O)C1C(=O)c2ccc(C(=O)c3ccc4c(c3)C(=O)C(C(=O)COC(C)(C)C)C4=O)cc2C1=O. The van der Waals surface area contributed by atoms with E-state index in [0.29, 0.717) is 0 Å². The summed E-state index contributed by atoms with van der Waals surface area (Å²) in [5.41, 5.74) is -0.938. The van der Waals surface area contributed by atoms with Crippen molar-refractivity contribution in [1.82, 2.24) is 0 Å². The van der Waals surface area contributed by atoms with Crippen LogP contribution in [0.25, 0.3) is 0 Å². The third kappa shape index (κ3) is 5.47. The Morgan fingerprint density at radius 3 is 1.60 bits per heavy atom. The predicted octanol–water partition coefficient (Wildman–Crippen LogP) is 3.88. The molecule has 0 aliphatic heterocycles. The highest BCUT2D eigenvalue weighted by atomic mass is 16.5. The van der Waals surface area contributed by atoms with Gasteiger partial charge in [0.15, 0.2) is 40.6 Å². The van der Waals surface area contributed by atoms with Gasteiger partial charge in [0.1, 0.15) is 12.5 Å². The number of benzene rings is 2. The van der Waals surface area contributed by atoms with Crippen LogP contribution in [0.2, 0.25) is 0 Å². The topological polar surface area (TPSA) is 138 Å². The predicted molar refractivity (Wildman–Crippen MR) is 142 cm³/mol. The molecular weight excluding hydrogens is 516 g/mol. The molecule has 0 bridgehead atoms. The van der Waals surface area contributed by atoms with Crippen LogP contribution in [0.15, 0.2) is 36.4 Å². The molecule has 2 aromatic carbocycles. The average Bonchev–Trinajstić information content (AvgIpc) is 3.28. The minimum absolute atomic E-state index is 0.0211. The number of carbonyl (C=O) groups excluding carboxylic acids is 7. The van der Waals surface area contributed by atoms with Gasteiger partial charge in [-0.25, -0.2) is 0 Å². The van der Waals surface area contributed by atoms with Crippen LogP contribution in [-0.2, 0) is 19.1 Å². The Bertz CT molecular complexity index is 1390. The molecular formula is C31H30O9. The fraction of sp³-hybridized carbons (Fsp3) is 0.387. The van der Waals surface area contributed by atoms with Gasteiger partial charge in [-0.2, -0.15) is 0 Å². The molecule has 0 saturated carbocycles. The van der Waals surface area contributed by atoms with Crippen LogP contribution in [0.3, 0.4) is 0 Å². The van der Waals surface area contributed by atoms with E-state index in [2.05, 4.69) is 0 Å². The van der Waals surface area contributed by atoms with Crippen molar-refractivity contribution < 1.29 is 43.0 Å². The molecule has 0 saturated heterocycles. The van der Waals surface area contributed by atoms with Gasteiger partial charge in [-0.3, -0.25) is 33.6 Å². The Kier molecular flexibility index (Phi) is 7.32. The largest absolute Gasteiger partial charge is 0.464 e. The molecule has 0 aromatic heterocycles. The second-order valence-corrected chi connectivity index (χ2v) is 12.2. The van der Waals surface area contributed by atoms with Gasteiger partial charge in [-0.1, -0.05) is 32.9 Å². The van der Waals surface area contributed by atoms with Crippen molar-refractivity contribution in [2.75, 3.05) is 13.2 Å². The molecule has 0 radical (unpaired) electrons. The number of carbonyl (C=O) groups is 7.